The Labute approximate surface area is 81.1 Å². The lowest BCUT2D eigenvalue weighted by Gasteiger charge is -1.99. The molecule has 1 aromatic heterocycles. The van der Waals surface area contributed by atoms with Crippen LogP contribution in [0.15, 0.2) is 18.5 Å². The Morgan fingerprint density at radius 1 is 1.36 bits per heavy atom. The Morgan fingerprint density at radius 2 is 2.00 bits per heavy atom. The molecule has 0 saturated heterocycles. The summed E-state index contributed by atoms with van der Waals surface area (Å²) in [5, 5.41) is 0. The van der Waals surface area contributed by atoms with Gasteiger partial charge in [-0.3, -0.25) is 4.79 Å². The summed E-state index contributed by atoms with van der Waals surface area (Å²) in [5.41, 5.74) is 0. The van der Waals surface area contributed by atoms with Crippen LogP contribution in [0.25, 0.3) is 0 Å². The Kier molecular flexibility index (Phi) is 3.72. The second kappa shape index (κ2) is 5.06. The molecule has 0 aliphatic heterocycles. The predicted octanol–water partition coefficient (Wildman–Crippen LogP) is 0.151. The van der Waals surface area contributed by atoms with Gasteiger partial charge in [0.2, 0.25) is 5.78 Å². The first kappa shape index (κ1) is 10.3. The number of ketones is 1. The van der Waals surface area contributed by atoms with E-state index in [1.165, 1.54) is 12.4 Å². The molecule has 0 radical (unpaired) electrons. The van der Waals surface area contributed by atoms with Gasteiger partial charge < -0.3 is 4.74 Å². The predicted molar refractivity (Wildman–Crippen MR) is 47.4 cm³/mol. The molecule has 0 unspecified atom stereocenters. The molecule has 0 atom stereocenters. The van der Waals surface area contributed by atoms with E-state index in [-0.39, 0.29) is 13.0 Å². The number of nitrogens with zero attached hydrogens (tertiary/aromatic N) is 2. The van der Waals surface area contributed by atoms with Crippen LogP contribution >= 0.6 is 0 Å². The van der Waals surface area contributed by atoms with Crippen molar-refractivity contribution in [1.29, 1.82) is 0 Å². The van der Waals surface area contributed by atoms with Crippen LogP contribution < -0.4 is 0 Å². The molecule has 0 fully saturated rings. The van der Waals surface area contributed by atoms with Crippen LogP contribution in [0.4, 0.5) is 0 Å². The second-order valence-electron chi connectivity index (χ2n) is 2.49. The molecule has 74 valence electrons. The van der Waals surface area contributed by atoms with E-state index in [9.17, 15) is 9.59 Å². The van der Waals surface area contributed by atoms with Gasteiger partial charge in [-0.15, -0.1) is 0 Å². The number of esters is 1. The zero-order valence-corrected chi connectivity index (χ0v) is 7.77. The van der Waals surface area contributed by atoms with Crippen LogP contribution in [0.5, 0.6) is 0 Å². The van der Waals surface area contributed by atoms with Crippen molar-refractivity contribution in [3.05, 3.63) is 24.3 Å². The van der Waals surface area contributed by atoms with E-state index in [1.807, 2.05) is 0 Å². The molecule has 5 nitrogen and oxygen atoms in total. The van der Waals surface area contributed by atoms with Gasteiger partial charge in [-0.05, 0) is 13.0 Å². The Bertz CT molecular complexity index is 324. The molecule has 0 aliphatic carbocycles. The molecule has 0 spiro atoms. The van der Waals surface area contributed by atoms with Crippen LogP contribution in [0.1, 0.15) is 12.7 Å². The molecule has 14 heavy (non-hydrogen) atoms. The Hall–Kier alpha value is -1.78. The minimum absolute atomic E-state index is 0.111. The molecule has 0 amide bonds. The van der Waals surface area contributed by atoms with Crippen molar-refractivity contribution in [2.24, 2.45) is 0 Å². The quantitative estimate of drug-likeness (QED) is 0.504. The third-order valence-electron chi connectivity index (χ3n) is 1.44. The van der Waals surface area contributed by atoms with Gasteiger partial charge in [0.25, 0.3) is 0 Å². The average Bonchev–Trinajstić information content (AvgIpc) is 2.19. The van der Waals surface area contributed by atoms with E-state index in [4.69, 9.17) is 0 Å². The summed E-state index contributed by atoms with van der Waals surface area (Å²) in [4.78, 5) is 29.7. The number of rotatable bonds is 4. The standard InChI is InChI=1S/C9H10N2O3/c1-2-14-9(13)7(12)6-8-10-4-3-5-11-8/h3-5H,2,6H2,1H3. The number of Topliss-reactive ketones (excluding diaryl/α,β-unsaturated/α-hetero) is 1. The number of hydrogen-bond acceptors (Lipinski definition) is 5. The van der Waals surface area contributed by atoms with Crippen molar-refractivity contribution >= 4 is 11.8 Å². The molecule has 0 N–H and O–H groups in total. The highest BCUT2D eigenvalue weighted by atomic mass is 16.5. The maximum Gasteiger partial charge on any atom is 0.375 e. The van der Waals surface area contributed by atoms with Crippen molar-refractivity contribution in [2.45, 2.75) is 13.3 Å². The van der Waals surface area contributed by atoms with Gasteiger partial charge in [0, 0.05) is 12.4 Å². The summed E-state index contributed by atoms with van der Waals surface area (Å²) in [5.74, 6) is -1.14. The molecule has 5 heteroatoms. The fourth-order valence-corrected chi connectivity index (χ4v) is 0.849. The topological polar surface area (TPSA) is 69.2 Å². The molecule has 1 rings (SSSR count). The summed E-state index contributed by atoms with van der Waals surface area (Å²) in [6.45, 7) is 1.84. The summed E-state index contributed by atoms with van der Waals surface area (Å²) < 4.78 is 4.53. The summed E-state index contributed by atoms with van der Waals surface area (Å²) >= 11 is 0. The smallest absolute Gasteiger partial charge is 0.375 e. The Morgan fingerprint density at radius 3 is 2.57 bits per heavy atom. The summed E-state index contributed by atoms with van der Waals surface area (Å²) in [6, 6.07) is 1.64. The first-order valence-corrected chi connectivity index (χ1v) is 4.20. The van der Waals surface area contributed by atoms with Gasteiger partial charge in [-0.25, -0.2) is 14.8 Å². The van der Waals surface area contributed by atoms with E-state index in [0.717, 1.165) is 0 Å². The zero-order chi connectivity index (χ0) is 10.4. The lowest BCUT2D eigenvalue weighted by atomic mass is 10.3. The largest absolute Gasteiger partial charge is 0.460 e. The summed E-state index contributed by atoms with van der Waals surface area (Å²) in [6.07, 6.45) is 2.92. The summed E-state index contributed by atoms with van der Waals surface area (Å²) in [7, 11) is 0. The van der Waals surface area contributed by atoms with E-state index in [0.29, 0.717) is 5.82 Å². The number of hydrogen-bond donors (Lipinski definition) is 0. The maximum atomic E-state index is 11.1. The van der Waals surface area contributed by atoms with Crippen molar-refractivity contribution in [3.63, 3.8) is 0 Å². The minimum Gasteiger partial charge on any atom is -0.460 e. The van der Waals surface area contributed by atoms with Gasteiger partial charge in [-0.2, -0.15) is 0 Å². The van der Waals surface area contributed by atoms with Crippen LogP contribution in [0, 0.1) is 0 Å². The fraction of sp³-hybridized carbons (Fsp3) is 0.333. The molecule has 0 bridgehead atoms. The van der Waals surface area contributed by atoms with E-state index >= 15 is 0 Å². The first-order chi connectivity index (χ1) is 6.74. The van der Waals surface area contributed by atoms with Crippen LogP contribution in [0.2, 0.25) is 0 Å². The van der Waals surface area contributed by atoms with E-state index in [1.54, 1.807) is 13.0 Å². The van der Waals surface area contributed by atoms with Gasteiger partial charge in [0.15, 0.2) is 0 Å². The SMILES string of the molecule is CCOC(=O)C(=O)Cc1ncccn1. The first-order valence-electron chi connectivity index (χ1n) is 4.20. The monoisotopic (exact) mass is 194 g/mol. The third kappa shape index (κ3) is 2.93. The number of carbonyl (C=O) groups excluding carboxylic acids is 2. The van der Waals surface area contributed by atoms with Crippen LogP contribution in [-0.2, 0) is 20.7 Å². The number of carbonyl (C=O) groups is 2. The van der Waals surface area contributed by atoms with Crippen molar-refractivity contribution in [2.75, 3.05) is 6.61 Å². The van der Waals surface area contributed by atoms with Crippen molar-refractivity contribution < 1.29 is 14.3 Å². The highest BCUT2D eigenvalue weighted by Gasteiger charge is 2.16. The van der Waals surface area contributed by atoms with Gasteiger partial charge in [0.05, 0.1) is 13.0 Å². The second-order valence-corrected chi connectivity index (χ2v) is 2.49. The molecular formula is C9H10N2O3. The third-order valence-corrected chi connectivity index (χ3v) is 1.44. The molecule has 0 saturated carbocycles. The Balaban J connectivity index is 2.53. The average molecular weight is 194 g/mol. The normalized spacial score (nSPS) is 9.50. The van der Waals surface area contributed by atoms with E-state index < -0.39 is 11.8 Å². The molecule has 0 aromatic carbocycles. The molecule has 1 heterocycles. The lowest BCUT2D eigenvalue weighted by molar-refractivity contribution is -0.153. The van der Waals surface area contributed by atoms with Gasteiger partial charge in [0.1, 0.15) is 5.82 Å². The van der Waals surface area contributed by atoms with Gasteiger partial charge >= 0.3 is 5.97 Å². The van der Waals surface area contributed by atoms with Gasteiger partial charge in [-0.1, -0.05) is 0 Å². The number of aromatic nitrogens is 2. The lowest BCUT2D eigenvalue weighted by Crippen LogP contribution is -2.20. The minimum atomic E-state index is -0.833. The van der Waals surface area contributed by atoms with Crippen molar-refractivity contribution in [1.82, 2.24) is 9.97 Å². The van der Waals surface area contributed by atoms with E-state index in [2.05, 4.69) is 14.7 Å². The highest BCUT2D eigenvalue weighted by molar-refractivity contribution is 6.33. The van der Waals surface area contributed by atoms with Crippen LogP contribution in [-0.4, -0.2) is 28.3 Å². The molecule has 1 aromatic rings. The fourth-order valence-electron chi connectivity index (χ4n) is 0.849. The van der Waals surface area contributed by atoms with Crippen LogP contribution in [0.3, 0.4) is 0 Å². The number of ether oxygens (including phenoxy) is 1. The maximum absolute atomic E-state index is 11.1. The zero-order valence-electron chi connectivity index (χ0n) is 7.77. The molecular weight excluding hydrogens is 184 g/mol. The van der Waals surface area contributed by atoms with Crippen molar-refractivity contribution in [3.8, 4) is 0 Å². The molecule has 0 aliphatic rings. The highest BCUT2D eigenvalue weighted by Crippen LogP contribution is 1.92.